The highest BCUT2D eigenvalue weighted by molar-refractivity contribution is 6.32. The summed E-state index contributed by atoms with van der Waals surface area (Å²) in [5.41, 5.74) is 2.90. The summed E-state index contributed by atoms with van der Waals surface area (Å²) in [6.45, 7) is 1.20. The molecule has 4 aromatic rings. The van der Waals surface area contributed by atoms with E-state index < -0.39 is 0 Å². The Bertz CT molecular complexity index is 1380. The minimum Gasteiger partial charge on any atom is -0.494 e. The summed E-state index contributed by atoms with van der Waals surface area (Å²) in [4.78, 5) is 25.6. The fourth-order valence-electron chi connectivity index (χ4n) is 4.06. The van der Waals surface area contributed by atoms with E-state index in [0.717, 1.165) is 36.0 Å². The van der Waals surface area contributed by atoms with Crippen LogP contribution in [0.2, 0.25) is 5.02 Å². The summed E-state index contributed by atoms with van der Waals surface area (Å²) in [5, 5.41) is 10.7. The minimum absolute atomic E-state index is 0.0924. The van der Waals surface area contributed by atoms with Crippen LogP contribution < -0.4 is 25.4 Å². The second-order valence-corrected chi connectivity index (χ2v) is 8.76. The number of hydrogen-bond donors (Lipinski definition) is 3. The van der Waals surface area contributed by atoms with Crippen LogP contribution in [0.1, 0.15) is 18.4 Å². The van der Waals surface area contributed by atoms with Crippen molar-refractivity contribution >= 4 is 45.6 Å². The van der Waals surface area contributed by atoms with Crippen LogP contribution in [0.5, 0.6) is 11.5 Å². The molecule has 1 aliphatic heterocycles. The number of fused-ring (bicyclic) bond motifs is 1. The molecular formula is C26H25ClN6O3. The van der Waals surface area contributed by atoms with E-state index in [0.29, 0.717) is 40.2 Å². The second kappa shape index (κ2) is 10.8. The SMILES string of the molecule is COc1cc2ncnc(Nc3ccc(OCc4cccnc4)c(Cl)c3)c2cc1NC(=O)[C@H]1CCCN1. The Kier molecular flexibility index (Phi) is 7.11. The molecule has 36 heavy (non-hydrogen) atoms. The van der Waals surface area contributed by atoms with E-state index in [1.807, 2.05) is 24.3 Å². The highest BCUT2D eigenvalue weighted by Crippen LogP contribution is 2.35. The van der Waals surface area contributed by atoms with Crippen LogP contribution in [-0.2, 0) is 11.4 Å². The van der Waals surface area contributed by atoms with E-state index in [-0.39, 0.29) is 11.9 Å². The van der Waals surface area contributed by atoms with E-state index in [4.69, 9.17) is 21.1 Å². The van der Waals surface area contributed by atoms with Crippen molar-refractivity contribution in [1.29, 1.82) is 0 Å². The van der Waals surface area contributed by atoms with Crippen molar-refractivity contribution in [1.82, 2.24) is 20.3 Å². The summed E-state index contributed by atoms with van der Waals surface area (Å²) < 4.78 is 11.3. The Morgan fingerprint density at radius 2 is 2.11 bits per heavy atom. The molecule has 5 rings (SSSR count). The maximum absolute atomic E-state index is 12.7. The van der Waals surface area contributed by atoms with Crippen LogP contribution in [0.15, 0.2) is 61.2 Å². The van der Waals surface area contributed by atoms with Crippen molar-refractivity contribution < 1.29 is 14.3 Å². The molecule has 9 nitrogen and oxygen atoms in total. The van der Waals surface area contributed by atoms with Gasteiger partial charge in [-0.25, -0.2) is 9.97 Å². The van der Waals surface area contributed by atoms with E-state index in [9.17, 15) is 4.79 Å². The molecule has 2 aromatic heterocycles. The summed E-state index contributed by atoms with van der Waals surface area (Å²) in [6, 6.07) is 12.6. The number of carbonyl (C=O) groups excluding carboxylic acids is 1. The number of benzene rings is 2. The lowest BCUT2D eigenvalue weighted by Gasteiger charge is -2.16. The first-order valence-corrected chi connectivity index (χ1v) is 11.9. The lowest BCUT2D eigenvalue weighted by atomic mass is 10.1. The highest BCUT2D eigenvalue weighted by Gasteiger charge is 2.23. The largest absolute Gasteiger partial charge is 0.494 e. The number of rotatable bonds is 8. The number of halogens is 1. The Balaban J connectivity index is 1.37. The fourth-order valence-corrected chi connectivity index (χ4v) is 4.29. The van der Waals surface area contributed by atoms with Crippen molar-refractivity contribution in [3.05, 3.63) is 71.8 Å². The quantitative estimate of drug-likeness (QED) is 0.317. The zero-order valence-electron chi connectivity index (χ0n) is 19.6. The van der Waals surface area contributed by atoms with Gasteiger partial charge in [-0.1, -0.05) is 17.7 Å². The van der Waals surface area contributed by atoms with E-state index >= 15 is 0 Å². The maximum Gasteiger partial charge on any atom is 0.241 e. The molecule has 1 aliphatic rings. The predicted molar refractivity (Wildman–Crippen MR) is 139 cm³/mol. The molecule has 3 heterocycles. The summed E-state index contributed by atoms with van der Waals surface area (Å²) in [5.74, 6) is 1.56. The third kappa shape index (κ3) is 5.32. The number of pyridine rings is 1. The average Bonchev–Trinajstić information content (AvgIpc) is 3.44. The maximum atomic E-state index is 12.7. The molecule has 0 aliphatic carbocycles. The number of methoxy groups -OCH3 is 1. The summed E-state index contributed by atoms with van der Waals surface area (Å²) >= 11 is 6.48. The number of aromatic nitrogens is 3. The number of carbonyl (C=O) groups is 1. The lowest BCUT2D eigenvalue weighted by Crippen LogP contribution is -2.35. The first-order valence-electron chi connectivity index (χ1n) is 11.6. The van der Waals surface area contributed by atoms with Crippen molar-refractivity contribution in [2.24, 2.45) is 0 Å². The van der Waals surface area contributed by atoms with Gasteiger partial charge in [-0.05, 0) is 49.7 Å². The topological polar surface area (TPSA) is 110 Å². The molecule has 2 aromatic carbocycles. The lowest BCUT2D eigenvalue weighted by molar-refractivity contribution is -0.117. The van der Waals surface area contributed by atoms with Crippen molar-refractivity contribution in [2.75, 3.05) is 24.3 Å². The smallest absolute Gasteiger partial charge is 0.241 e. The molecule has 0 bridgehead atoms. The van der Waals surface area contributed by atoms with E-state index in [1.165, 1.54) is 6.33 Å². The van der Waals surface area contributed by atoms with Gasteiger partial charge in [-0.3, -0.25) is 9.78 Å². The van der Waals surface area contributed by atoms with Crippen LogP contribution in [-0.4, -0.2) is 40.6 Å². The fraction of sp³-hybridized carbons (Fsp3) is 0.231. The molecular weight excluding hydrogens is 480 g/mol. The molecule has 0 unspecified atom stereocenters. The van der Waals surface area contributed by atoms with Crippen LogP contribution >= 0.6 is 11.6 Å². The van der Waals surface area contributed by atoms with Gasteiger partial charge in [0, 0.05) is 35.1 Å². The molecule has 1 fully saturated rings. The van der Waals surface area contributed by atoms with Gasteiger partial charge >= 0.3 is 0 Å². The minimum atomic E-state index is -0.212. The Morgan fingerprint density at radius 3 is 2.86 bits per heavy atom. The van der Waals surface area contributed by atoms with Gasteiger partial charge in [-0.15, -0.1) is 0 Å². The van der Waals surface area contributed by atoms with Crippen LogP contribution in [0.25, 0.3) is 10.9 Å². The Hall–Kier alpha value is -3.95. The molecule has 0 radical (unpaired) electrons. The predicted octanol–water partition coefficient (Wildman–Crippen LogP) is 4.70. The van der Waals surface area contributed by atoms with E-state index in [2.05, 4.69) is 30.9 Å². The second-order valence-electron chi connectivity index (χ2n) is 8.35. The van der Waals surface area contributed by atoms with Gasteiger partial charge in [0.2, 0.25) is 5.91 Å². The molecule has 184 valence electrons. The summed E-state index contributed by atoms with van der Waals surface area (Å²) in [6.07, 6.45) is 6.72. The van der Waals surface area contributed by atoms with Crippen LogP contribution in [0.3, 0.4) is 0 Å². The standard InChI is InChI=1S/C26H25ClN6O3/c1-35-24-12-21-18(11-22(24)33-26(34)20-5-3-9-29-20)25(31-15-30-21)32-17-6-7-23(19(27)10-17)36-14-16-4-2-8-28-13-16/h2,4,6-8,10-13,15,20,29H,3,5,9,14H2,1H3,(H,33,34)(H,30,31,32)/t20-/m1/s1. The molecule has 1 amide bonds. The van der Waals surface area contributed by atoms with Crippen molar-refractivity contribution in [2.45, 2.75) is 25.5 Å². The zero-order chi connectivity index (χ0) is 24.9. The molecule has 3 N–H and O–H groups in total. The first-order chi connectivity index (χ1) is 17.6. The summed E-state index contributed by atoms with van der Waals surface area (Å²) in [7, 11) is 1.56. The van der Waals surface area contributed by atoms with Gasteiger partial charge < -0.3 is 25.4 Å². The highest BCUT2D eigenvalue weighted by atomic mass is 35.5. The monoisotopic (exact) mass is 504 g/mol. The number of ether oxygens (including phenoxy) is 2. The first kappa shape index (κ1) is 23.8. The molecule has 0 spiro atoms. The number of amides is 1. The van der Waals surface area contributed by atoms with Gasteiger partial charge in [-0.2, -0.15) is 0 Å². The zero-order valence-corrected chi connectivity index (χ0v) is 20.4. The Morgan fingerprint density at radius 1 is 1.19 bits per heavy atom. The number of hydrogen-bond acceptors (Lipinski definition) is 8. The molecule has 10 heteroatoms. The van der Waals surface area contributed by atoms with Crippen LogP contribution in [0, 0.1) is 0 Å². The normalized spacial score (nSPS) is 15.0. The van der Waals surface area contributed by atoms with Crippen molar-refractivity contribution in [3.63, 3.8) is 0 Å². The number of nitrogens with zero attached hydrogens (tertiary/aromatic N) is 3. The number of nitrogens with one attached hydrogen (secondary N) is 3. The van der Waals surface area contributed by atoms with Gasteiger partial charge in [0.15, 0.2) is 0 Å². The Labute approximate surface area is 213 Å². The number of anilines is 3. The molecule has 0 saturated carbocycles. The van der Waals surface area contributed by atoms with Gasteiger partial charge in [0.25, 0.3) is 0 Å². The molecule has 1 saturated heterocycles. The van der Waals surface area contributed by atoms with Gasteiger partial charge in [0.05, 0.1) is 29.4 Å². The third-order valence-electron chi connectivity index (χ3n) is 5.90. The third-order valence-corrected chi connectivity index (χ3v) is 6.20. The molecule has 1 atom stereocenters. The van der Waals surface area contributed by atoms with Gasteiger partial charge in [0.1, 0.15) is 30.3 Å². The average molecular weight is 505 g/mol. The van der Waals surface area contributed by atoms with E-state index in [1.54, 1.807) is 37.7 Å². The van der Waals surface area contributed by atoms with Crippen molar-refractivity contribution in [3.8, 4) is 11.5 Å². The van der Waals surface area contributed by atoms with Crippen LogP contribution in [0.4, 0.5) is 17.2 Å².